The number of ether oxygens (including phenoxy) is 1. The monoisotopic (exact) mass is 274 g/mol. The average Bonchev–Trinajstić information content (AvgIpc) is 2.86. The van der Waals surface area contributed by atoms with E-state index >= 15 is 0 Å². The molecule has 0 radical (unpaired) electrons. The largest absolute Gasteiger partial charge is 0.497 e. The third-order valence-electron chi connectivity index (χ3n) is 2.81. The average molecular weight is 274 g/mol. The minimum atomic E-state index is -0.0627. The lowest BCUT2D eigenvalue weighted by Crippen LogP contribution is -2.27. The fourth-order valence-corrected chi connectivity index (χ4v) is 1.91. The van der Waals surface area contributed by atoms with Gasteiger partial charge in [-0.3, -0.25) is 9.48 Å². The number of hydrogen-bond acceptors (Lipinski definition) is 4. The van der Waals surface area contributed by atoms with E-state index in [4.69, 9.17) is 10.5 Å². The third kappa shape index (κ3) is 3.28. The molecular formula is C14H18N4O2. The molecule has 2 rings (SSSR count). The first-order valence-electron chi connectivity index (χ1n) is 6.36. The molecule has 1 amide bonds. The van der Waals surface area contributed by atoms with E-state index in [1.807, 2.05) is 25.3 Å². The van der Waals surface area contributed by atoms with Gasteiger partial charge in [-0.05, 0) is 24.6 Å². The molecule has 3 N–H and O–H groups in total. The van der Waals surface area contributed by atoms with E-state index in [2.05, 4.69) is 10.4 Å². The van der Waals surface area contributed by atoms with Crippen LogP contribution in [0.2, 0.25) is 0 Å². The van der Waals surface area contributed by atoms with E-state index in [0.717, 1.165) is 11.1 Å². The maximum Gasteiger partial charge on any atom is 0.241 e. The van der Waals surface area contributed by atoms with Crippen molar-refractivity contribution in [3.8, 4) is 16.9 Å². The number of rotatable bonds is 5. The van der Waals surface area contributed by atoms with Gasteiger partial charge in [0.05, 0.1) is 13.3 Å². The van der Waals surface area contributed by atoms with Gasteiger partial charge >= 0.3 is 0 Å². The molecular weight excluding hydrogens is 256 g/mol. The predicted molar refractivity (Wildman–Crippen MR) is 77.3 cm³/mol. The summed E-state index contributed by atoms with van der Waals surface area (Å²) in [6.07, 6.45) is 3.51. The number of aromatic nitrogens is 2. The van der Waals surface area contributed by atoms with Crippen LogP contribution in [-0.2, 0) is 11.3 Å². The molecule has 0 aliphatic carbocycles. The number of methoxy groups -OCH3 is 1. The van der Waals surface area contributed by atoms with E-state index < -0.39 is 0 Å². The standard InChI is InChI=1S/C14H18N4O2/c1-3-16-14(19)9-18-8-11(7-17-18)10-4-12(15)6-13(5-10)20-2/h4-8H,3,9,15H2,1-2H3,(H,16,19). The number of nitrogen functional groups attached to an aromatic ring is 1. The van der Waals surface area contributed by atoms with Crippen molar-refractivity contribution in [2.45, 2.75) is 13.5 Å². The molecule has 0 fully saturated rings. The molecule has 0 aliphatic heterocycles. The Morgan fingerprint density at radius 2 is 2.20 bits per heavy atom. The number of hydrogen-bond donors (Lipinski definition) is 2. The minimum absolute atomic E-state index is 0.0627. The van der Waals surface area contributed by atoms with Gasteiger partial charge in [0.1, 0.15) is 12.3 Å². The Morgan fingerprint density at radius 1 is 1.40 bits per heavy atom. The highest BCUT2D eigenvalue weighted by Crippen LogP contribution is 2.26. The fraction of sp³-hybridized carbons (Fsp3) is 0.286. The van der Waals surface area contributed by atoms with Crippen LogP contribution in [0.1, 0.15) is 6.92 Å². The van der Waals surface area contributed by atoms with Gasteiger partial charge in [-0.2, -0.15) is 5.10 Å². The molecule has 106 valence electrons. The van der Waals surface area contributed by atoms with Gasteiger partial charge < -0.3 is 15.8 Å². The maximum atomic E-state index is 11.5. The summed E-state index contributed by atoms with van der Waals surface area (Å²) in [4.78, 5) is 11.5. The normalized spacial score (nSPS) is 10.3. The summed E-state index contributed by atoms with van der Waals surface area (Å²) in [5.41, 5.74) is 8.24. The minimum Gasteiger partial charge on any atom is -0.497 e. The Labute approximate surface area is 117 Å². The molecule has 20 heavy (non-hydrogen) atoms. The van der Waals surface area contributed by atoms with E-state index in [1.165, 1.54) is 0 Å². The van der Waals surface area contributed by atoms with Crippen LogP contribution in [0, 0.1) is 0 Å². The summed E-state index contributed by atoms with van der Waals surface area (Å²) in [7, 11) is 1.59. The van der Waals surface area contributed by atoms with Crippen molar-refractivity contribution in [1.82, 2.24) is 15.1 Å². The number of likely N-dealkylation sites (N-methyl/N-ethyl adjacent to an activating group) is 1. The summed E-state index contributed by atoms with van der Waals surface area (Å²) in [5, 5.41) is 6.90. The summed E-state index contributed by atoms with van der Waals surface area (Å²) in [6, 6.07) is 5.47. The quantitative estimate of drug-likeness (QED) is 0.805. The highest BCUT2D eigenvalue weighted by atomic mass is 16.5. The Bertz CT molecular complexity index is 607. The molecule has 6 nitrogen and oxygen atoms in total. The number of nitrogens with two attached hydrogens (primary N) is 1. The molecule has 0 unspecified atom stereocenters. The Morgan fingerprint density at radius 3 is 2.90 bits per heavy atom. The van der Waals surface area contributed by atoms with Gasteiger partial charge in [-0.15, -0.1) is 0 Å². The lowest BCUT2D eigenvalue weighted by atomic mass is 10.1. The fourth-order valence-electron chi connectivity index (χ4n) is 1.91. The van der Waals surface area contributed by atoms with Crippen LogP contribution in [0.3, 0.4) is 0 Å². The molecule has 0 atom stereocenters. The molecule has 0 spiro atoms. The highest BCUT2D eigenvalue weighted by Gasteiger charge is 2.07. The van der Waals surface area contributed by atoms with E-state index in [-0.39, 0.29) is 12.5 Å². The molecule has 1 heterocycles. The van der Waals surface area contributed by atoms with Crippen molar-refractivity contribution < 1.29 is 9.53 Å². The molecule has 2 aromatic rings. The van der Waals surface area contributed by atoms with Crippen LogP contribution in [0.25, 0.3) is 11.1 Å². The van der Waals surface area contributed by atoms with Crippen molar-refractivity contribution in [1.29, 1.82) is 0 Å². The first-order chi connectivity index (χ1) is 9.62. The maximum absolute atomic E-state index is 11.5. The second-order valence-corrected chi connectivity index (χ2v) is 4.37. The number of nitrogens with one attached hydrogen (secondary N) is 1. The number of carbonyl (C=O) groups is 1. The first kappa shape index (κ1) is 13.9. The van der Waals surface area contributed by atoms with Gasteiger partial charge in [-0.1, -0.05) is 0 Å². The number of amides is 1. The molecule has 0 saturated carbocycles. The zero-order chi connectivity index (χ0) is 14.5. The number of benzene rings is 1. The van der Waals surface area contributed by atoms with Gasteiger partial charge in [-0.25, -0.2) is 0 Å². The Balaban J connectivity index is 2.20. The van der Waals surface area contributed by atoms with Gasteiger partial charge in [0.2, 0.25) is 5.91 Å². The van der Waals surface area contributed by atoms with Crippen LogP contribution >= 0.6 is 0 Å². The Kier molecular flexibility index (Phi) is 4.24. The molecule has 0 bridgehead atoms. The summed E-state index contributed by atoms with van der Waals surface area (Å²) in [6.45, 7) is 2.69. The topological polar surface area (TPSA) is 82.2 Å². The third-order valence-corrected chi connectivity index (χ3v) is 2.81. The number of carbonyl (C=O) groups excluding carboxylic acids is 1. The predicted octanol–water partition coefficient (Wildman–Crippen LogP) is 1.28. The first-order valence-corrected chi connectivity index (χ1v) is 6.36. The van der Waals surface area contributed by atoms with E-state index in [0.29, 0.717) is 18.0 Å². The zero-order valence-corrected chi connectivity index (χ0v) is 11.6. The molecule has 1 aromatic carbocycles. The smallest absolute Gasteiger partial charge is 0.241 e. The van der Waals surface area contributed by atoms with Crippen LogP contribution in [0.15, 0.2) is 30.6 Å². The van der Waals surface area contributed by atoms with Crippen molar-refractivity contribution >= 4 is 11.6 Å². The van der Waals surface area contributed by atoms with Crippen molar-refractivity contribution in [2.75, 3.05) is 19.4 Å². The summed E-state index contributed by atoms with van der Waals surface area (Å²) >= 11 is 0. The van der Waals surface area contributed by atoms with Crippen molar-refractivity contribution in [3.63, 3.8) is 0 Å². The molecule has 0 aliphatic rings. The molecule has 0 saturated heterocycles. The van der Waals surface area contributed by atoms with Crippen LogP contribution in [-0.4, -0.2) is 29.3 Å². The van der Waals surface area contributed by atoms with Crippen LogP contribution < -0.4 is 15.8 Å². The second kappa shape index (κ2) is 6.10. The molecule has 6 heteroatoms. The zero-order valence-electron chi connectivity index (χ0n) is 11.6. The Hall–Kier alpha value is -2.50. The van der Waals surface area contributed by atoms with Gasteiger partial charge in [0, 0.05) is 30.1 Å². The van der Waals surface area contributed by atoms with Gasteiger partial charge in [0.15, 0.2) is 0 Å². The number of nitrogens with zero attached hydrogens (tertiary/aromatic N) is 2. The van der Waals surface area contributed by atoms with Crippen LogP contribution in [0.4, 0.5) is 5.69 Å². The summed E-state index contributed by atoms with van der Waals surface area (Å²) < 4.78 is 6.78. The second-order valence-electron chi connectivity index (χ2n) is 4.37. The van der Waals surface area contributed by atoms with E-state index in [1.54, 1.807) is 24.1 Å². The van der Waals surface area contributed by atoms with Crippen molar-refractivity contribution in [2.24, 2.45) is 0 Å². The van der Waals surface area contributed by atoms with Crippen molar-refractivity contribution in [3.05, 3.63) is 30.6 Å². The van der Waals surface area contributed by atoms with Gasteiger partial charge in [0.25, 0.3) is 0 Å². The summed E-state index contributed by atoms with van der Waals surface area (Å²) in [5.74, 6) is 0.629. The lowest BCUT2D eigenvalue weighted by Gasteiger charge is -2.05. The lowest BCUT2D eigenvalue weighted by molar-refractivity contribution is -0.121. The SMILES string of the molecule is CCNC(=O)Cn1cc(-c2cc(N)cc(OC)c2)cn1. The van der Waals surface area contributed by atoms with E-state index in [9.17, 15) is 4.79 Å². The number of anilines is 1. The molecule has 1 aromatic heterocycles. The van der Waals surface area contributed by atoms with Crippen LogP contribution in [0.5, 0.6) is 5.75 Å². The highest BCUT2D eigenvalue weighted by molar-refractivity contribution is 5.76.